The molecule has 1 fully saturated rings. The van der Waals surface area contributed by atoms with Crippen LogP contribution in [0.4, 0.5) is 0 Å². The summed E-state index contributed by atoms with van der Waals surface area (Å²) in [5.41, 5.74) is 2.64. The van der Waals surface area contributed by atoms with Crippen molar-refractivity contribution in [3.8, 4) is 0 Å². The molecule has 2 atom stereocenters. The van der Waals surface area contributed by atoms with Gasteiger partial charge in [-0.3, -0.25) is 4.79 Å². The summed E-state index contributed by atoms with van der Waals surface area (Å²) in [6.07, 6.45) is 9.25. The number of rotatable bonds is 1. The molecule has 0 saturated carbocycles. The largest absolute Gasteiger partial charge is 0.369 e. The van der Waals surface area contributed by atoms with Gasteiger partial charge in [0.05, 0.1) is 0 Å². The second-order valence-electron chi connectivity index (χ2n) is 5.44. The monoisotopic (exact) mass is 219 g/mol. The zero-order valence-electron chi connectivity index (χ0n) is 10.2. The van der Waals surface area contributed by atoms with Crippen LogP contribution in [0.15, 0.2) is 11.3 Å². The van der Waals surface area contributed by atoms with E-state index in [0.29, 0.717) is 5.78 Å². The van der Waals surface area contributed by atoms with Crippen LogP contribution in [0.25, 0.3) is 0 Å². The Balaban J connectivity index is 1.97. The van der Waals surface area contributed by atoms with E-state index < -0.39 is 0 Å². The first-order chi connectivity index (χ1) is 7.81. The molecule has 16 heavy (non-hydrogen) atoms. The summed E-state index contributed by atoms with van der Waals surface area (Å²) >= 11 is 0. The smallest absolute Gasteiger partial charge is 0.160 e. The van der Waals surface area contributed by atoms with Gasteiger partial charge in [-0.1, -0.05) is 6.92 Å². The Morgan fingerprint density at radius 2 is 2.06 bits per heavy atom. The van der Waals surface area contributed by atoms with Gasteiger partial charge in [0.2, 0.25) is 0 Å². The third-order valence-electron chi connectivity index (χ3n) is 4.63. The topological polar surface area (TPSA) is 20.3 Å². The van der Waals surface area contributed by atoms with Crippen molar-refractivity contribution in [2.75, 3.05) is 0 Å². The molecule has 0 spiro atoms. The van der Waals surface area contributed by atoms with E-state index in [4.69, 9.17) is 0 Å². The molecule has 1 unspecified atom stereocenters. The fraction of sp³-hybridized carbons (Fsp3) is 0.786. The summed E-state index contributed by atoms with van der Waals surface area (Å²) < 4.78 is 0. The van der Waals surface area contributed by atoms with Gasteiger partial charge in [-0.05, 0) is 44.9 Å². The highest BCUT2D eigenvalue weighted by atomic mass is 16.1. The molecule has 2 heterocycles. The number of hydrogen-bond donors (Lipinski definition) is 0. The lowest BCUT2D eigenvalue weighted by Gasteiger charge is -2.41. The van der Waals surface area contributed by atoms with E-state index in [2.05, 4.69) is 11.8 Å². The maximum absolute atomic E-state index is 11.9. The van der Waals surface area contributed by atoms with E-state index in [-0.39, 0.29) is 0 Å². The number of hydrogen-bond acceptors (Lipinski definition) is 2. The fourth-order valence-electron chi connectivity index (χ4n) is 3.84. The minimum atomic E-state index is 0.446. The Bertz CT molecular complexity index is 345. The highest BCUT2D eigenvalue weighted by Crippen LogP contribution is 2.42. The molecule has 2 heteroatoms. The van der Waals surface area contributed by atoms with E-state index in [9.17, 15) is 4.79 Å². The molecule has 0 radical (unpaired) electrons. The first-order valence-electron chi connectivity index (χ1n) is 6.84. The average Bonchev–Trinajstić information content (AvgIpc) is 2.72. The number of allylic oxidation sites excluding steroid dienone is 2. The molecule has 0 N–H and O–H groups in total. The summed E-state index contributed by atoms with van der Waals surface area (Å²) in [6.45, 7) is 2.28. The van der Waals surface area contributed by atoms with Crippen LogP contribution in [-0.4, -0.2) is 22.8 Å². The molecular formula is C14H21NO. The van der Waals surface area contributed by atoms with Gasteiger partial charge in [-0.15, -0.1) is 0 Å². The van der Waals surface area contributed by atoms with E-state index in [1.807, 2.05) is 0 Å². The lowest BCUT2D eigenvalue weighted by atomic mass is 9.86. The van der Waals surface area contributed by atoms with Crippen molar-refractivity contribution >= 4 is 5.78 Å². The number of fused-ring (bicyclic) bond motifs is 2. The predicted molar refractivity (Wildman–Crippen MR) is 64.1 cm³/mol. The fourth-order valence-corrected chi connectivity index (χ4v) is 3.84. The number of carbonyl (C=O) groups is 1. The second-order valence-corrected chi connectivity index (χ2v) is 5.44. The Hall–Kier alpha value is -0.790. The van der Waals surface area contributed by atoms with Gasteiger partial charge in [-0.25, -0.2) is 0 Å². The lowest BCUT2D eigenvalue weighted by molar-refractivity contribution is -0.116. The molecule has 0 aromatic carbocycles. The molecule has 88 valence electrons. The van der Waals surface area contributed by atoms with Crippen LogP contribution in [0.2, 0.25) is 0 Å². The van der Waals surface area contributed by atoms with Crippen LogP contribution in [-0.2, 0) is 4.79 Å². The van der Waals surface area contributed by atoms with Crippen molar-refractivity contribution in [3.63, 3.8) is 0 Å². The molecule has 1 saturated heterocycles. The summed E-state index contributed by atoms with van der Waals surface area (Å²) in [7, 11) is 0. The zero-order chi connectivity index (χ0) is 11.1. The first kappa shape index (κ1) is 10.4. The van der Waals surface area contributed by atoms with Crippen molar-refractivity contribution in [1.29, 1.82) is 0 Å². The Morgan fingerprint density at radius 1 is 1.19 bits per heavy atom. The van der Waals surface area contributed by atoms with Crippen LogP contribution >= 0.6 is 0 Å². The molecule has 2 nitrogen and oxygen atoms in total. The van der Waals surface area contributed by atoms with Crippen molar-refractivity contribution in [2.45, 2.75) is 70.4 Å². The van der Waals surface area contributed by atoms with Crippen molar-refractivity contribution < 1.29 is 4.79 Å². The minimum absolute atomic E-state index is 0.446. The first-order valence-corrected chi connectivity index (χ1v) is 6.84. The number of Topliss-reactive ketones (excluding diaryl/α,β-unsaturated/α-hetero) is 1. The predicted octanol–water partition coefficient (Wildman–Crippen LogP) is 3.03. The van der Waals surface area contributed by atoms with Crippen molar-refractivity contribution in [2.24, 2.45) is 0 Å². The third kappa shape index (κ3) is 1.42. The Morgan fingerprint density at radius 3 is 2.88 bits per heavy atom. The van der Waals surface area contributed by atoms with Gasteiger partial charge in [0.15, 0.2) is 5.78 Å². The van der Waals surface area contributed by atoms with E-state index in [1.165, 1.54) is 37.0 Å². The van der Waals surface area contributed by atoms with Crippen LogP contribution in [0, 0.1) is 0 Å². The molecule has 2 aliphatic heterocycles. The Kier molecular flexibility index (Phi) is 2.53. The summed E-state index contributed by atoms with van der Waals surface area (Å²) in [6, 6.07) is 1.48. The van der Waals surface area contributed by atoms with Gasteiger partial charge in [0.1, 0.15) is 0 Å². The SMILES string of the molecule is CCC1CC[C@@H]2CCC3=C(CCCC3=O)N12. The lowest BCUT2D eigenvalue weighted by Crippen LogP contribution is -2.40. The van der Waals surface area contributed by atoms with E-state index >= 15 is 0 Å². The summed E-state index contributed by atoms with van der Waals surface area (Å²) in [4.78, 5) is 14.6. The normalized spacial score (nSPS) is 34.1. The van der Waals surface area contributed by atoms with Gasteiger partial charge in [0.25, 0.3) is 0 Å². The molecule has 1 aliphatic carbocycles. The molecule has 0 aromatic heterocycles. The van der Waals surface area contributed by atoms with Crippen LogP contribution in [0.1, 0.15) is 58.3 Å². The van der Waals surface area contributed by atoms with Gasteiger partial charge >= 0.3 is 0 Å². The van der Waals surface area contributed by atoms with Gasteiger partial charge < -0.3 is 4.90 Å². The Labute approximate surface area is 97.7 Å². The average molecular weight is 219 g/mol. The maximum Gasteiger partial charge on any atom is 0.160 e. The standard InChI is InChI=1S/C14H21NO/c1-2-10-6-7-11-8-9-12-13(15(10)11)4-3-5-14(12)16/h10-11H,2-9H2,1H3/t10?,11-/m1/s1. The van der Waals surface area contributed by atoms with Crippen molar-refractivity contribution in [3.05, 3.63) is 11.3 Å². The summed E-state index contributed by atoms with van der Waals surface area (Å²) in [5, 5.41) is 0. The van der Waals surface area contributed by atoms with E-state index in [0.717, 1.165) is 37.8 Å². The maximum atomic E-state index is 11.9. The molecule has 0 aromatic rings. The molecule has 3 aliphatic rings. The summed E-state index contributed by atoms with van der Waals surface area (Å²) in [5.74, 6) is 0.446. The quantitative estimate of drug-likeness (QED) is 0.675. The minimum Gasteiger partial charge on any atom is -0.369 e. The highest BCUT2D eigenvalue weighted by Gasteiger charge is 2.39. The van der Waals surface area contributed by atoms with Crippen LogP contribution in [0.5, 0.6) is 0 Å². The zero-order valence-corrected chi connectivity index (χ0v) is 10.2. The number of carbonyl (C=O) groups excluding carboxylic acids is 1. The molecule has 0 bridgehead atoms. The van der Waals surface area contributed by atoms with Crippen LogP contribution in [0.3, 0.4) is 0 Å². The molecular weight excluding hydrogens is 198 g/mol. The van der Waals surface area contributed by atoms with Gasteiger partial charge in [0, 0.05) is 29.8 Å². The third-order valence-corrected chi connectivity index (χ3v) is 4.63. The number of ketones is 1. The van der Waals surface area contributed by atoms with E-state index in [1.54, 1.807) is 0 Å². The van der Waals surface area contributed by atoms with Crippen molar-refractivity contribution in [1.82, 2.24) is 4.90 Å². The molecule has 3 rings (SSSR count). The molecule has 0 amide bonds. The van der Waals surface area contributed by atoms with Crippen LogP contribution < -0.4 is 0 Å². The second kappa shape index (κ2) is 3.90. The van der Waals surface area contributed by atoms with Gasteiger partial charge in [-0.2, -0.15) is 0 Å². The highest BCUT2D eigenvalue weighted by molar-refractivity contribution is 5.97. The number of nitrogens with zero attached hydrogens (tertiary/aromatic N) is 1.